The van der Waals surface area contributed by atoms with Crippen LogP contribution in [0.3, 0.4) is 0 Å². The maximum atomic E-state index is 12.3. The number of nitrogens with zero attached hydrogens (tertiary/aromatic N) is 2. The van der Waals surface area contributed by atoms with E-state index in [1.54, 1.807) is 19.3 Å². The molecule has 2 aromatic carbocycles. The zero-order valence-electron chi connectivity index (χ0n) is 20.5. The second-order valence-electron chi connectivity index (χ2n) is 8.13. The number of nitrogens with one attached hydrogen (secondary N) is 2. The summed E-state index contributed by atoms with van der Waals surface area (Å²) in [6, 6.07) is 17.1. The van der Waals surface area contributed by atoms with Crippen molar-refractivity contribution in [2.24, 2.45) is 5.10 Å². The molecule has 1 amide bonds. The molecule has 0 saturated heterocycles. The van der Waals surface area contributed by atoms with Crippen LogP contribution in [-0.4, -0.2) is 36.0 Å². The molecule has 1 aromatic heterocycles. The van der Waals surface area contributed by atoms with E-state index in [4.69, 9.17) is 9.47 Å². The Morgan fingerprint density at radius 1 is 1.06 bits per heavy atom. The average molecular weight is 475 g/mol. The minimum Gasteiger partial charge on any atom is -0.496 e. The summed E-state index contributed by atoms with van der Waals surface area (Å²) in [6.45, 7) is 2.96. The molecule has 1 heterocycles. The summed E-state index contributed by atoms with van der Waals surface area (Å²) in [5, 5.41) is 11.0. The summed E-state index contributed by atoms with van der Waals surface area (Å²) in [6.07, 6.45) is 12.5. The Balaban J connectivity index is 1.44. The van der Waals surface area contributed by atoms with Crippen LogP contribution in [-0.2, 0) is 0 Å². The number of hydrazone groups is 1. The Bertz CT molecular complexity index is 1100. The molecule has 0 bridgehead atoms. The number of hydrogen-bond acceptors (Lipinski definition) is 5. The first-order valence-corrected chi connectivity index (χ1v) is 12.1. The topological polar surface area (TPSA) is 88.6 Å². The zero-order chi connectivity index (χ0) is 24.7. The molecule has 0 atom stereocenters. The summed E-state index contributed by atoms with van der Waals surface area (Å²) >= 11 is 0. The van der Waals surface area contributed by atoms with Gasteiger partial charge in [0.25, 0.3) is 5.91 Å². The first-order chi connectivity index (χ1) is 17.2. The van der Waals surface area contributed by atoms with Crippen LogP contribution < -0.4 is 14.9 Å². The van der Waals surface area contributed by atoms with Crippen molar-refractivity contribution in [3.63, 3.8) is 0 Å². The van der Waals surface area contributed by atoms with Crippen molar-refractivity contribution in [1.29, 1.82) is 0 Å². The third kappa shape index (κ3) is 8.45. The van der Waals surface area contributed by atoms with Crippen LogP contribution in [0.25, 0.3) is 17.3 Å². The predicted molar refractivity (Wildman–Crippen MR) is 141 cm³/mol. The predicted octanol–water partition coefficient (Wildman–Crippen LogP) is 6.25. The fraction of sp³-hybridized carbons (Fsp3) is 0.321. The summed E-state index contributed by atoms with van der Waals surface area (Å²) in [7, 11) is 1.62. The lowest BCUT2D eigenvalue weighted by Crippen LogP contribution is -2.17. The molecule has 0 aliphatic rings. The molecule has 0 saturated carbocycles. The Hall–Kier alpha value is -3.87. The quantitative estimate of drug-likeness (QED) is 0.164. The van der Waals surface area contributed by atoms with E-state index in [-0.39, 0.29) is 5.91 Å². The van der Waals surface area contributed by atoms with Gasteiger partial charge in [0.05, 0.1) is 19.4 Å². The molecule has 0 unspecified atom stereocenters. The molecule has 3 aromatic rings. The van der Waals surface area contributed by atoms with Crippen LogP contribution in [0.1, 0.15) is 61.5 Å². The molecule has 7 nitrogen and oxygen atoms in total. The van der Waals surface area contributed by atoms with E-state index in [2.05, 4.69) is 27.6 Å². The molecule has 0 spiro atoms. The molecule has 3 rings (SSSR count). The van der Waals surface area contributed by atoms with E-state index in [0.29, 0.717) is 11.4 Å². The molecule has 0 radical (unpaired) electrons. The number of allylic oxidation sites excluding steroid dienone is 1. The first kappa shape index (κ1) is 25.7. The van der Waals surface area contributed by atoms with Gasteiger partial charge in [0.1, 0.15) is 17.2 Å². The molecule has 35 heavy (non-hydrogen) atoms. The molecule has 7 heteroatoms. The van der Waals surface area contributed by atoms with Crippen molar-refractivity contribution in [2.75, 3.05) is 13.7 Å². The molecular weight excluding hydrogens is 440 g/mol. The number of rotatable bonds is 14. The number of H-pyrrole nitrogens is 1. The third-order valence-electron chi connectivity index (χ3n) is 5.48. The van der Waals surface area contributed by atoms with Crippen LogP contribution in [0.4, 0.5) is 0 Å². The maximum absolute atomic E-state index is 12.3. The van der Waals surface area contributed by atoms with Gasteiger partial charge in [-0.25, -0.2) is 5.43 Å². The smallest absolute Gasteiger partial charge is 0.289 e. The van der Waals surface area contributed by atoms with Gasteiger partial charge < -0.3 is 9.47 Å². The number of aromatic amines is 1. The van der Waals surface area contributed by atoms with Crippen molar-refractivity contribution in [1.82, 2.24) is 15.6 Å². The van der Waals surface area contributed by atoms with Crippen LogP contribution in [0.5, 0.6) is 11.5 Å². The van der Waals surface area contributed by atoms with Crippen molar-refractivity contribution < 1.29 is 14.3 Å². The van der Waals surface area contributed by atoms with Crippen LogP contribution >= 0.6 is 0 Å². The standard InChI is InChI=1S/C28H34N4O3/c1-3-4-5-6-7-10-20-35-24-17-15-22(16-18-24)25-21-26(31-30-25)28(33)32-29-19-11-13-23-12-8-9-14-27(23)34-2/h8-9,11-19,21H,3-7,10,20H2,1-2H3,(H,30,31)(H,32,33). The van der Waals surface area contributed by atoms with Gasteiger partial charge in [0, 0.05) is 17.3 Å². The minimum absolute atomic E-state index is 0.328. The molecule has 184 valence electrons. The lowest BCUT2D eigenvalue weighted by atomic mass is 10.1. The summed E-state index contributed by atoms with van der Waals surface area (Å²) in [4.78, 5) is 12.3. The van der Waals surface area contributed by atoms with E-state index in [9.17, 15) is 4.79 Å². The van der Waals surface area contributed by atoms with E-state index < -0.39 is 0 Å². The largest absolute Gasteiger partial charge is 0.496 e. The monoisotopic (exact) mass is 474 g/mol. The minimum atomic E-state index is -0.371. The first-order valence-electron chi connectivity index (χ1n) is 12.1. The lowest BCUT2D eigenvalue weighted by molar-refractivity contribution is 0.0950. The summed E-state index contributed by atoms with van der Waals surface area (Å²) in [5.41, 5.74) is 5.32. The van der Waals surface area contributed by atoms with Gasteiger partial charge in [-0.2, -0.15) is 10.2 Å². The SMILES string of the molecule is CCCCCCCCOc1ccc(-c2cc(C(=O)NN=CC=Cc3ccccc3OC)[nH]n2)cc1. The fourth-order valence-electron chi connectivity index (χ4n) is 3.53. The highest BCUT2D eigenvalue weighted by molar-refractivity contribution is 5.94. The van der Waals surface area contributed by atoms with Crippen LogP contribution in [0, 0.1) is 0 Å². The van der Waals surface area contributed by atoms with E-state index >= 15 is 0 Å². The molecule has 0 fully saturated rings. The Morgan fingerprint density at radius 2 is 1.83 bits per heavy atom. The molecule has 2 N–H and O–H groups in total. The van der Waals surface area contributed by atoms with E-state index in [1.165, 1.54) is 38.3 Å². The second kappa shape index (κ2) is 14.4. The highest BCUT2D eigenvalue weighted by Gasteiger charge is 2.10. The van der Waals surface area contributed by atoms with Crippen LogP contribution in [0.15, 0.2) is 65.8 Å². The van der Waals surface area contributed by atoms with Gasteiger partial charge in [0.2, 0.25) is 0 Å². The highest BCUT2D eigenvalue weighted by Crippen LogP contribution is 2.22. The van der Waals surface area contributed by atoms with Gasteiger partial charge in [0.15, 0.2) is 0 Å². The number of methoxy groups -OCH3 is 1. The van der Waals surface area contributed by atoms with Crippen molar-refractivity contribution in [2.45, 2.75) is 45.4 Å². The number of aromatic nitrogens is 2. The number of carbonyl (C=O) groups excluding carboxylic acids is 1. The number of hydrogen-bond donors (Lipinski definition) is 2. The van der Waals surface area contributed by atoms with Crippen molar-refractivity contribution >= 4 is 18.2 Å². The number of para-hydroxylation sites is 1. The van der Waals surface area contributed by atoms with E-state index in [1.807, 2.05) is 54.6 Å². The average Bonchev–Trinajstić information content (AvgIpc) is 3.39. The Kier molecular flexibility index (Phi) is 10.6. The molecule has 0 aliphatic heterocycles. The maximum Gasteiger partial charge on any atom is 0.289 e. The number of carbonyl (C=O) groups is 1. The normalized spacial score (nSPS) is 11.3. The Morgan fingerprint density at radius 3 is 2.63 bits per heavy atom. The third-order valence-corrected chi connectivity index (χ3v) is 5.48. The number of ether oxygens (including phenoxy) is 2. The highest BCUT2D eigenvalue weighted by atomic mass is 16.5. The van der Waals surface area contributed by atoms with E-state index in [0.717, 1.165) is 35.7 Å². The van der Waals surface area contributed by atoms with Gasteiger partial charge in [-0.3, -0.25) is 9.89 Å². The van der Waals surface area contributed by atoms with Crippen molar-refractivity contribution in [3.8, 4) is 22.8 Å². The van der Waals surface area contributed by atoms with Gasteiger partial charge in [-0.05, 0) is 55.0 Å². The number of benzene rings is 2. The summed E-state index contributed by atoms with van der Waals surface area (Å²) < 4.78 is 11.1. The summed E-state index contributed by atoms with van der Waals surface area (Å²) in [5.74, 6) is 1.24. The number of unbranched alkanes of at least 4 members (excludes halogenated alkanes) is 5. The van der Waals surface area contributed by atoms with Gasteiger partial charge in [-0.1, -0.05) is 57.2 Å². The van der Waals surface area contributed by atoms with Gasteiger partial charge in [-0.15, -0.1) is 0 Å². The molecular formula is C28H34N4O3. The second-order valence-corrected chi connectivity index (χ2v) is 8.13. The van der Waals surface area contributed by atoms with Crippen LogP contribution in [0.2, 0.25) is 0 Å². The number of amides is 1. The lowest BCUT2D eigenvalue weighted by Gasteiger charge is -2.06. The Labute approximate surface area is 207 Å². The zero-order valence-corrected chi connectivity index (χ0v) is 20.5. The van der Waals surface area contributed by atoms with Gasteiger partial charge >= 0.3 is 0 Å². The molecule has 0 aliphatic carbocycles. The fourth-order valence-corrected chi connectivity index (χ4v) is 3.53. The van der Waals surface area contributed by atoms with Crippen molar-refractivity contribution in [3.05, 3.63) is 71.9 Å².